The van der Waals surface area contributed by atoms with Crippen LogP contribution < -0.4 is 10.5 Å². The van der Waals surface area contributed by atoms with E-state index in [0.29, 0.717) is 10.7 Å². The first kappa shape index (κ1) is 23.7. The lowest BCUT2D eigenvalue weighted by molar-refractivity contribution is -0.138. The molecule has 0 N–H and O–H groups in total. The maximum Gasteiger partial charge on any atom is 0.417 e. The summed E-state index contributed by atoms with van der Waals surface area (Å²) in [5, 5.41) is 3.66. The summed E-state index contributed by atoms with van der Waals surface area (Å²) in [5.74, 6) is -2.56. The van der Waals surface area contributed by atoms with E-state index in [-0.39, 0.29) is 42.6 Å². The molecule has 1 saturated heterocycles. The Labute approximate surface area is 194 Å². The molecule has 4 rings (SSSR count). The Kier molecular flexibility index (Phi) is 6.30. The van der Waals surface area contributed by atoms with Crippen LogP contribution in [0.1, 0.15) is 15.9 Å². The molecule has 0 spiro atoms. The minimum Gasteiger partial charge on any atom is -0.365 e. The fourth-order valence-electron chi connectivity index (χ4n) is 3.71. The number of alkyl halides is 3. The Morgan fingerprint density at radius 2 is 1.65 bits per heavy atom. The highest BCUT2D eigenvalue weighted by Crippen LogP contribution is 2.33. The summed E-state index contributed by atoms with van der Waals surface area (Å²) < 4.78 is 67.7. The third kappa shape index (κ3) is 4.47. The van der Waals surface area contributed by atoms with E-state index in [9.17, 15) is 31.5 Å². The highest BCUT2D eigenvalue weighted by atomic mass is 35.5. The standard InChI is InChI=1S/C22H16ClF5N4O2/c23-19-18(12-29-32(21(19)34)17-6-5-13(24)11-16(17)25)30-7-9-31(10-8-30)20(33)14-3-1-2-4-15(14)22(26,27)28/h1-6,11-12H,7-10H2. The second-order valence-corrected chi connectivity index (χ2v) is 7.86. The van der Waals surface area contributed by atoms with Gasteiger partial charge in [-0.05, 0) is 24.3 Å². The number of anilines is 1. The van der Waals surface area contributed by atoms with E-state index in [1.807, 2.05) is 0 Å². The fourth-order valence-corrected chi connectivity index (χ4v) is 3.96. The first-order chi connectivity index (χ1) is 16.1. The molecule has 1 amide bonds. The molecule has 1 aliphatic heterocycles. The summed E-state index contributed by atoms with van der Waals surface area (Å²) in [6, 6.07) is 7.20. The number of aromatic nitrogens is 2. The van der Waals surface area contributed by atoms with Crippen LogP contribution >= 0.6 is 11.6 Å². The van der Waals surface area contributed by atoms with Crippen molar-refractivity contribution >= 4 is 23.2 Å². The van der Waals surface area contributed by atoms with Crippen LogP contribution in [0.4, 0.5) is 27.6 Å². The molecule has 34 heavy (non-hydrogen) atoms. The van der Waals surface area contributed by atoms with Gasteiger partial charge >= 0.3 is 6.18 Å². The lowest BCUT2D eigenvalue weighted by Gasteiger charge is -2.36. The molecule has 178 valence electrons. The molecule has 0 saturated carbocycles. The Balaban J connectivity index is 1.53. The van der Waals surface area contributed by atoms with Gasteiger partial charge in [-0.2, -0.15) is 23.0 Å². The van der Waals surface area contributed by atoms with E-state index in [1.165, 1.54) is 23.2 Å². The summed E-state index contributed by atoms with van der Waals surface area (Å²) in [6.07, 6.45) is -3.43. The van der Waals surface area contributed by atoms with Crippen LogP contribution in [0, 0.1) is 11.6 Å². The van der Waals surface area contributed by atoms with Gasteiger partial charge in [-0.25, -0.2) is 8.78 Å². The van der Waals surface area contributed by atoms with Gasteiger partial charge in [-0.1, -0.05) is 23.7 Å². The van der Waals surface area contributed by atoms with Crippen LogP contribution in [-0.2, 0) is 6.18 Å². The summed E-state index contributed by atoms with van der Waals surface area (Å²) in [4.78, 5) is 28.4. The van der Waals surface area contributed by atoms with Gasteiger partial charge in [0.1, 0.15) is 16.5 Å². The number of benzene rings is 2. The van der Waals surface area contributed by atoms with Gasteiger partial charge in [-0.3, -0.25) is 9.59 Å². The van der Waals surface area contributed by atoms with Crippen molar-refractivity contribution in [3.8, 4) is 5.69 Å². The van der Waals surface area contributed by atoms with Gasteiger partial charge in [0.2, 0.25) is 0 Å². The van der Waals surface area contributed by atoms with Gasteiger partial charge in [-0.15, -0.1) is 0 Å². The topological polar surface area (TPSA) is 58.4 Å². The zero-order valence-corrected chi connectivity index (χ0v) is 18.1. The quantitative estimate of drug-likeness (QED) is 0.509. The van der Waals surface area contributed by atoms with Crippen molar-refractivity contribution in [3.05, 3.63) is 86.8 Å². The predicted octanol–water partition coefficient (Wildman–Crippen LogP) is 4.15. The SMILES string of the molecule is O=C(c1ccccc1C(F)(F)F)N1CCN(c2cnn(-c3ccc(F)cc3F)c(=O)c2Cl)CC1. The summed E-state index contributed by atoms with van der Waals surface area (Å²) in [6.45, 7) is 0.513. The lowest BCUT2D eigenvalue weighted by Crippen LogP contribution is -2.49. The van der Waals surface area contributed by atoms with Crippen molar-refractivity contribution < 1.29 is 26.7 Å². The molecule has 1 aliphatic rings. The summed E-state index contributed by atoms with van der Waals surface area (Å²) in [5.41, 5.74) is -2.33. The van der Waals surface area contributed by atoms with Crippen molar-refractivity contribution in [3.63, 3.8) is 0 Å². The van der Waals surface area contributed by atoms with Crippen LogP contribution in [-0.4, -0.2) is 46.8 Å². The summed E-state index contributed by atoms with van der Waals surface area (Å²) >= 11 is 6.21. The third-order valence-corrected chi connectivity index (χ3v) is 5.76. The first-order valence-electron chi connectivity index (χ1n) is 10.0. The minimum absolute atomic E-state index is 0.0804. The molecule has 6 nitrogen and oxygen atoms in total. The maximum absolute atomic E-state index is 14.1. The second kappa shape index (κ2) is 9.05. The Morgan fingerprint density at radius 1 is 0.971 bits per heavy atom. The van der Waals surface area contributed by atoms with Gasteiger partial charge < -0.3 is 9.80 Å². The van der Waals surface area contributed by atoms with Gasteiger partial charge in [0.25, 0.3) is 11.5 Å². The Hall–Kier alpha value is -3.47. The molecule has 0 bridgehead atoms. The van der Waals surface area contributed by atoms with E-state index in [1.54, 1.807) is 4.90 Å². The smallest absolute Gasteiger partial charge is 0.365 e. The monoisotopic (exact) mass is 498 g/mol. The number of amides is 1. The first-order valence-corrected chi connectivity index (χ1v) is 10.4. The molecule has 1 aromatic heterocycles. The number of hydrogen-bond donors (Lipinski definition) is 0. The van der Waals surface area contributed by atoms with E-state index < -0.39 is 40.4 Å². The molecule has 0 aliphatic carbocycles. The second-order valence-electron chi connectivity index (χ2n) is 7.48. The molecule has 2 heterocycles. The highest BCUT2D eigenvalue weighted by molar-refractivity contribution is 6.33. The van der Waals surface area contributed by atoms with Crippen LogP contribution in [0.2, 0.25) is 5.02 Å². The lowest BCUT2D eigenvalue weighted by atomic mass is 10.1. The molecular formula is C22H16ClF5N4O2. The molecule has 2 aromatic carbocycles. The number of piperazine rings is 1. The van der Waals surface area contributed by atoms with Gasteiger partial charge in [0.15, 0.2) is 5.82 Å². The largest absolute Gasteiger partial charge is 0.417 e. The third-order valence-electron chi connectivity index (χ3n) is 5.41. The zero-order chi connectivity index (χ0) is 24.6. The Morgan fingerprint density at radius 3 is 2.29 bits per heavy atom. The average Bonchev–Trinajstić information content (AvgIpc) is 2.80. The average molecular weight is 499 g/mol. The predicted molar refractivity (Wildman–Crippen MR) is 114 cm³/mol. The van der Waals surface area contributed by atoms with Crippen LogP contribution in [0.5, 0.6) is 0 Å². The minimum atomic E-state index is -4.67. The molecule has 3 aromatic rings. The number of nitrogens with zero attached hydrogens (tertiary/aromatic N) is 4. The van der Waals surface area contributed by atoms with Crippen LogP contribution in [0.25, 0.3) is 5.69 Å². The van der Waals surface area contributed by atoms with Crippen molar-refractivity contribution in [1.82, 2.24) is 14.7 Å². The van der Waals surface area contributed by atoms with Gasteiger partial charge in [0.05, 0.1) is 23.0 Å². The van der Waals surface area contributed by atoms with E-state index in [0.717, 1.165) is 24.3 Å². The van der Waals surface area contributed by atoms with Crippen molar-refractivity contribution in [2.45, 2.75) is 6.18 Å². The van der Waals surface area contributed by atoms with E-state index in [2.05, 4.69) is 5.10 Å². The normalized spacial score (nSPS) is 14.4. The van der Waals surface area contributed by atoms with Crippen LogP contribution in [0.3, 0.4) is 0 Å². The van der Waals surface area contributed by atoms with Gasteiger partial charge in [0, 0.05) is 32.2 Å². The molecular weight excluding hydrogens is 483 g/mol. The maximum atomic E-state index is 14.1. The fraction of sp³-hybridized carbons (Fsp3) is 0.227. The Bertz CT molecular complexity index is 1300. The number of rotatable bonds is 3. The molecule has 0 unspecified atom stereocenters. The van der Waals surface area contributed by atoms with E-state index in [4.69, 9.17) is 11.6 Å². The summed E-state index contributed by atoms with van der Waals surface area (Å²) in [7, 11) is 0. The van der Waals surface area contributed by atoms with Crippen molar-refractivity contribution in [2.75, 3.05) is 31.1 Å². The zero-order valence-electron chi connectivity index (χ0n) is 17.3. The highest BCUT2D eigenvalue weighted by Gasteiger charge is 2.36. The number of halogens is 6. The van der Waals surface area contributed by atoms with Crippen molar-refractivity contribution in [1.29, 1.82) is 0 Å². The molecule has 12 heteroatoms. The van der Waals surface area contributed by atoms with Crippen molar-refractivity contribution in [2.24, 2.45) is 0 Å². The number of hydrogen-bond acceptors (Lipinski definition) is 4. The van der Waals surface area contributed by atoms with E-state index >= 15 is 0 Å². The number of carbonyl (C=O) groups excluding carboxylic acids is 1. The molecule has 1 fully saturated rings. The molecule has 0 atom stereocenters. The number of carbonyl (C=O) groups is 1. The molecule has 0 radical (unpaired) electrons. The van der Waals surface area contributed by atoms with Crippen LogP contribution in [0.15, 0.2) is 53.5 Å².